The van der Waals surface area contributed by atoms with Gasteiger partial charge in [-0.3, -0.25) is 4.79 Å². The quantitative estimate of drug-likeness (QED) is 0.801. The molecule has 0 fully saturated rings. The van der Waals surface area contributed by atoms with Gasteiger partial charge in [-0.25, -0.2) is 14.1 Å². The molecule has 0 spiro atoms. The molecule has 3 rings (SSSR count). The molecule has 0 aliphatic heterocycles. The predicted octanol–water partition coefficient (Wildman–Crippen LogP) is 3.58. The summed E-state index contributed by atoms with van der Waals surface area (Å²) in [4.78, 5) is 16.9. The van der Waals surface area contributed by atoms with Gasteiger partial charge in [0.25, 0.3) is 5.91 Å². The van der Waals surface area contributed by atoms with Crippen LogP contribution in [0.4, 0.5) is 10.2 Å². The fourth-order valence-corrected chi connectivity index (χ4v) is 2.60. The fraction of sp³-hybridized carbons (Fsp3) is 0.167. The molecule has 0 aliphatic rings. The Hall–Kier alpha value is -3.02. The normalized spacial score (nSPS) is 10.7. The standard InChI is InChI=1S/C18H17FN4O/c1-11-5-4-6-16(20-11)21-18(24)17-12(2)22-23(13(17)3)15-9-7-14(19)8-10-15/h4-10H,1-3H3,(H,20,21,24). The van der Waals surface area contributed by atoms with Crippen molar-refractivity contribution in [2.24, 2.45) is 0 Å². The average molecular weight is 324 g/mol. The van der Waals surface area contributed by atoms with Crippen LogP contribution in [0.15, 0.2) is 42.5 Å². The van der Waals surface area contributed by atoms with E-state index in [0.717, 1.165) is 5.69 Å². The largest absolute Gasteiger partial charge is 0.306 e. The molecule has 1 amide bonds. The van der Waals surface area contributed by atoms with E-state index in [9.17, 15) is 9.18 Å². The zero-order chi connectivity index (χ0) is 17.3. The van der Waals surface area contributed by atoms with Gasteiger partial charge < -0.3 is 5.32 Å². The van der Waals surface area contributed by atoms with Crippen LogP contribution in [0.5, 0.6) is 0 Å². The van der Waals surface area contributed by atoms with Gasteiger partial charge in [0.05, 0.1) is 22.6 Å². The van der Waals surface area contributed by atoms with Gasteiger partial charge in [0.2, 0.25) is 0 Å². The number of benzene rings is 1. The van der Waals surface area contributed by atoms with Crippen LogP contribution in [0.2, 0.25) is 0 Å². The zero-order valence-corrected chi connectivity index (χ0v) is 13.7. The van der Waals surface area contributed by atoms with Gasteiger partial charge in [0, 0.05) is 5.69 Å². The molecule has 0 radical (unpaired) electrons. The number of hydrogen-bond donors (Lipinski definition) is 1. The maximum absolute atomic E-state index is 13.1. The van der Waals surface area contributed by atoms with Crippen LogP contribution in [0.25, 0.3) is 5.69 Å². The highest BCUT2D eigenvalue weighted by Crippen LogP contribution is 2.19. The number of carbonyl (C=O) groups excluding carboxylic acids is 1. The van der Waals surface area contributed by atoms with Crippen LogP contribution in [0.3, 0.4) is 0 Å². The van der Waals surface area contributed by atoms with E-state index in [-0.39, 0.29) is 11.7 Å². The Labute approximate surface area is 139 Å². The van der Waals surface area contributed by atoms with Crippen molar-refractivity contribution >= 4 is 11.7 Å². The molecular weight excluding hydrogens is 307 g/mol. The molecule has 2 heterocycles. The van der Waals surface area contributed by atoms with E-state index in [1.807, 2.05) is 26.0 Å². The van der Waals surface area contributed by atoms with Gasteiger partial charge in [-0.2, -0.15) is 5.10 Å². The molecule has 2 aromatic heterocycles. The van der Waals surface area contributed by atoms with Crippen molar-refractivity contribution in [2.45, 2.75) is 20.8 Å². The number of anilines is 1. The minimum Gasteiger partial charge on any atom is -0.306 e. The Morgan fingerprint density at radius 1 is 1.08 bits per heavy atom. The Morgan fingerprint density at radius 3 is 2.46 bits per heavy atom. The minimum absolute atomic E-state index is 0.267. The molecular formula is C18H17FN4O. The lowest BCUT2D eigenvalue weighted by atomic mass is 10.2. The third kappa shape index (κ3) is 3.03. The lowest BCUT2D eigenvalue weighted by molar-refractivity contribution is 0.102. The smallest absolute Gasteiger partial charge is 0.260 e. The summed E-state index contributed by atoms with van der Waals surface area (Å²) in [6, 6.07) is 11.4. The first kappa shape index (κ1) is 15.9. The highest BCUT2D eigenvalue weighted by Gasteiger charge is 2.20. The molecule has 6 heteroatoms. The van der Waals surface area contributed by atoms with Gasteiger partial charge in [-0.1, -0.05) is 6.07 Å². The number of hydrogen-bond acceptors (Lipinski definition) is 3. The molecule has 0 saturated carbocycles. The summed E-state index contributed by atoms with van der Waals surface area (Å²) in [5, 5.41) is 7.19. The highest BCUT2D eigenvalue weighted by molar-refractivity contribution is 6.05. The number of pyridine rings is 1. The molecule has 3 aromatic rings. The molecule has 0 unspecified atom stereocenters. The van der Waals surface area contributed by atoms with E-state index in [1.165, 1.54) is 12.1 Å². The lowest BCUT2D eigenvalue weighted by Crippen LogP contribution is -2.15. The van der Waals surface area contributed by atoms with Gasteiger partial charge in [-0.15, -0.1) is 0 Å². The molecule has 0 atom stereocenters. The first-order valence-electron chi connectivity index (χ1n) is 7.53. The first-order chi connectivity index (χ1) is 11.5. The number of nitrogens with one attached hydrogen (secondary N) is 1. The van der Waals surface area contributed by atoms with Crippen LogP contribution in [-0.4, -0.2) is 20.7 Å². The second kappa shape index (κ2) is 6.23. The van der Waals surface area contributed by atoms with Crippen molar-refractivity contribution in [1.29, 1.82) is 0 Å². The molecule has 122 valence electrons. The Bertz CT molecular complexity index is 900. The van der Waals surface area contributed by atoms with Crippen LogP contribution < -0.4 is 5.32 Å². The number of halogens is 1. The van der Waals surface area contributed by atoms with Crippen molar-refractivity contribution in [3.8, 4) is 5.69 Å². The molecule has 0 saturated heterocycles. The summed E-state index contributed by atoms with van der Waals surface area (Å²) >= 11 is 0. The van der Waals surface area contributed by atoms with Gasteiger partial charge >= 0.3 is 0 Å². The molecule has 0 bridgehead atoms. The van der Waals surface area contributed by atoms with Crippen molar-refractivity contribution < 1.29 is 9.18 Å². The Kier molecular flexibility index (Phi) is 4.12. The van der Waals surface area contributed by atoms with Crippen LogP contribution >= 0.6 is 0 Å². The minimum atomic E-state index is -0.316. The number of aryl methyl sites for hydroxylation is 2. The van der Waals surface area contributed by atoms with Crippen molar-refractivity contribution in [1.82, 2.24) is 14.8 Å². The average Bonchev–Trinajstić information content (AvgIpc) is 2.83. The van der Waals surface area contributed by atoms with E-state index < -0.39 is 0 Å². The maximum atomic E-state index is 13.1. The first-order valence-corrected chi connectivity index (χ1v) is 7.53. The van der Waals surface area contributed by atoms with E-state index >= 15 is 0 Å². The zero-order valence-electron chi connectivity index (χ0n) is 13.7. The fourth-order valence-electron chi connectivity index (χ4n) is 2.60. The van der Waals surface area contributed by atoms with Crippen LogP contribution in [0.1, 0.15) is 27.4 Å². The number of amides is 1. The predicted molar refractivity (Wildman–Crippen MR) is 89.9 cm³/mol. The Morgan fingerprint density at radius 2 is 1.79 bits per heavy atom. The third-order valence-electron chi connectivity index (χ3n) is 3.72. The molecule has 0 aliphatic carbocycles. The second-order valence-electron chi connectivity index (χ2n) is 5.55. The van der Waals surface area contributed by atoms with Crippen molar-refractivity contribution in [3.63, 3.8) is 0 Å². The van der Waals surface area contributed by atoms with E-state index in [1.54, 1.807) is 29.8 Å². The molecule has 24 heavy (non-hydrogen) atoms. The number of carbonyl (C=O) groups is 1. The lowest BCUT2D eigenvalue weighted by Gasteiger charge is -2.07. The summed E-state index contributed by atoms with van der Waals surface area (Å²) in [7, 11) is 0. The summed E-state index contributed by atoms with van der Waals surface area (Å²) in [6.45, 7) is 5.44. The van der Waals surface area contributed by atoms with Gasteiger partial charge in [0.15, 0.2) is 0 Å². The van der Waals surface area contributed by atoms with Crippen molar-refractivity contribution in [3.05, 3.63) is 70.9 Å². The number of rotatable bonds is 3. The van der Waals surface area contributed by atoms with Gasteiger partial charge in [0.1, 0.15) is 11.6 Å². The summed E-state index contributed by atoms with van der Waals surface area (Å²) in [5.41, 5.74) is 3.29. The van der Waals surface area contributed by atoms with Gasteiger partial charge in [-0.05, 0) is 57.2 Å². The summed E-state index contributed by atoms with van der Waals surface area (Å²) in [6.07, 6.45) is 0. The van der Waals surface area contributed by atoms with Crippen LogP contribution in [-0.2, 0) is 0 Å². The third-order valence-corrected chi connectivity index (χ3v) is 3.72. The van der Waals surface area contributed by atoms with Crippen LogP contribution in [0, 0.1) is 26.6 Å². The topological polar surface area (TPSA) is 59.8 Å². The van der Waals surface area contributed by atoms with E-state index in [4.69, 9.17) is 0 Å². The van der Waals surface area contributed by atoms with E-state index in [0.29, 0.717) is 28.5 Å². The molecule has 1 N–H and O–H groups in total. The van der Waals surface area contributed by atoms with E-state index in [2.05, 4.69) is 15.4 Å². The molecule has 1 aromatic carbocycles. The summed E-state index contributed by atoms with van der Waals surface area (Å²) < 4.78 is 14.7. The highest BCUT2D eigenvalue weighted by atomic mass is 19.1. The number of aromatic nitrogens is 3. The monoisotopic (exact) mass is 324 g/mol. The molecule has 5 nitrogen and oxygen atoms in total. The number of nitrogens with zero attached hydrogens (tertiary/aromatic N) is 3. The maximum Gasteiger partial charge on any atom is 0.260 e. The summed E-state index contributed by atoms with van der Waals surface area (Å²) in [5.74, 6) is -0.0893. The van der Waals surface area contributed by atoms with Crippen molar-refractivity contribution in [2.75, 3.05) is 5.32 Å². The Balaban J connectivity index is 1.94. The SMILES string of the molecule is Cc1cccc(NC(=O)c2c(C)nn(-c3ccc(F)cc3)c2C)n1. The second-order valence-corrected chi connectivity index (χ2v) is 5.55.